The van der Waals surface area contributed by atoms with Crippen LogP contribution in [0.15, 0.2) is 42.6 Å². The number of halogens is 1. The van der Waals surface area contributed by atoms with Crippen LogP contribution in [0.4, 0.5) is 11.4 Å². The number of fused-ring (bicyclic) bond motifs is 1. The highest BCUT2D eigenvalue weighted by molar-refractivity contribution is 6.29. The number of aromatic nitrogens is 1. The summed E-state index contributed by atoms with van der Waals surface area (Å²) in [4.78, 5) is 18.2. The molecule has 0 saturated heterocycles. The van der Waals surface area contributed by atoms with E-state index in [1.54, 1.807) is 18.3 Å². The molecule has 21 heavy (non-hydrogen) atoms. The highest BCUT2D eigenvalue weighted by atomic mass is 35.5. The maximum absolute atomic E-state index is 12.4. The summed E-state index contributed by atoms with van der Waals surface area (Å²) in [6.45, 7) is 1.02. The topological polar surface area (TPSA) is 45.2 Å². The van der Waals surface area contributed by atoms with Gasteiger partial charge in [-0.15, -0.1) is 0 Å². The fourth-order valence-electron chi connectivity index (χ4n) is 2.58. The van der Waals surface area contributed by atoms with Crippen LogP contribution in [0.1, 0.15) is 12.0 Å². The van der Waals surface area contributed by atoms with Gasteiger partial charge in [-0.2, -0.15) is 0 Å². The first-order chi connectivity index (χ1) is 10.2. The molecule has 5 heteroatoms. The molecular formula is C16H16ClN3O. The summed E-state index contributed by atoms with van der Waals surface area (Å²) < 4.78 is 0. The van der Waals surface area contributed by atoms with Gasteiger partial charge in [0.2, 0.25) is 5.91 Å². The molecular weight excluding hydrogens is 286 g/mol. The number of aryl methyl sites for hydroxylation is 1. The van der Waals surface area contributed by atoms with Crippen molar-refractivity contribution in [3.8, 4) is 0 Å². The van der Waals surface area contributed by atoms with E-state index in [9.17, 15) is 4.79 Å². The van der Waals surface area contributed by atoms with E-state index in [-0.39, 0.29) is 12.5 Å². The van der Waals surface area contributed by atoms with Gasteiger partial charge in [-0.05, 0) is 36.6 Å². The van der Waals surface area contributed by atoms with Crippen molar-refractivity contribution >= 4 is 28.9 Å². The first-order valence-electron chi connectivity index (χ1n) is 6.98. The van der Waals surface area contributed by atoms with Gasteiger partial charge in [-0.25, -0.2) is 4.98 Å². The van der Waals surface area contributed by atoms with Crippen molar-refractivity contribution in [1.82, 2.24) is 4.98 Å². The maximum atomic E-state index is 12.4. The Hall–Kier alpha value is -2.07. The lowest BCUT2D eigenvalue weighted by molar-refractivity contribution is -0.117. The number of carbonyl (C=O) groups is 1. The van der Waals surface area contributed by atoms with Gasteiger partial charge in [0.25, 0.3) is 0 Å². The normalized spacial score (nSPS) is 13.7. The van der Waals surface area contributed by atoms with E-state index in [0.717, 1.165) is 30.8 Å². The van der Waals surface area contributed by atoms with E-state index in [4.69, 9.17) is 11.6 Å². The zero-order valence-electron chi connectivity index (χ0n) is 11.6. The molecule has 2 heterocycles. The Balaban J connectivity index is 1.69. The Morgan fingerprint density at radius 1 is 1.33 bits per heavy atom. The molecule has 0 aliphatic carbocycles. The maximum Gasteiger partial charge on any atom is 0.246 e. The van der Waals surface area contributed by atoms with Crippen molar-refractivity contribution in [2.75, 3.05) is 23.3 Å². The lowest BCUT2D eigenvalue weighted by atomic mass is 10.0. The van der Waals surface area contributed by atoms with E-state index in [0.29, 0.717) is 5.15 Å². The van der Waals surface area contributed by atoms with Crippen molar-refractivity contribution in [2.45, 2.75) is 12.8 Å². The number of para-hydroxylation sites is 1. The summed E-state index contributed by atoms with van der Waals surface area (Å²) in [5.41, 5.74) is 3.07. The van der Waals surface area contributed by atoms with Crippen LogP contribution in [0.25, 0.3) is 0 Å². The van der Waals surface area contributed by atoms with Gasteiger partial charge in [0.1, 0.15) is 5.15 Å². The molecule has 1 amide bonds. The van der Waals surface area contributed by atoms with Gasteiger partial charge in [0, 0.05) is 24.1 Å². The van der Waals surface area contributed by atoms with Crippen LogP contribution in [-0.2, 0) is 11.2 Å². The summed E-state index contributed by atoms with van der Waals surface area (Å²) in [7, 11) is 0. The number of benzene rings is 1. The number of hydrogen-bond donors (Lipinski definition) is 1. The molecule has 1 aliphatic rings. The standard InChI is InChI=1S/C16H16ClN3O/c17-15-10-13(7-8-18-15)19-11-16(21)20-9-3-5-12-4-1-2-6-14(12)20/h1-2,4,6-8,10H,3,5,9,11H2,(H,18,19). The number of hydrogen-bond acceptors (Lipinski definition) is 3. The Bertz CT molecular complexity index is 659. The fourth-order valence-corrected chi connectivity index (χ4v) is 2.75. The molecule has 0 bridgehead atoms. The minimum absolute atomic E-state index is 0.0649. The molecule has 1 aromatic heterocycles. The van der Waals surface area contributed by atoms with Crippen LogP contribution in [0.3, 0.4) is 0 Å². The van der Waals surface area contributed by atoms with Crippen LogP contribution in [-0.4, -0.2) is 24.0 Å². The van der Waals surface area contributed by atoms with E-state index in [1.807, 2.05) is 23.1 Å². The number of anilines is 2. The zero-order chi connectivity index (χ0) is 14.7. The molecule has 0 atom stereocenters. The third-order valence-corrected chi connectivity index (χ3v) is 3.79. The number of nitrogens with one attached hydrogen (secondary N) is 1. The largest absolute Gasteiger partial charge is 0.376 e. The molecule has 1 N–H and O–H groups in total. The number of rotatable bonds is 3. The number of amides is 1. The number of carbonyl (C=O) groups excluding carboxylic acids is 1. The molecule has 108 valence electrons. The van der Waals surface area contributed by atoms with Gasteiger partial charge in [-0.1, -0.05) is 29.8 Å². The summed E-state index contributed by atoms with van der Waals surface area (Å²) in [5.74, 6) is 0.0649. The molecule has 3 rings (SSSR count). The summed E-state index contributed by atoms with van der Waals surface area (Å²) in [6, 6.07) is 11.6. The molecule has 0 saturated carbocycles. The van der Waals surface area contributed by atoms with E-state index in [2.05, 4.69) is 16.4 Å². The highest BCUT2D eigenvalue weighted by Crippen LogP contribution is 2.26. The smallest absolute Gasteiger partial charge is 0.246 e. The monoisotopic (exact) mass is 301 g/mol. The van der Waals surface area contributed by atoms with Gasteiger partial charge in [0.15, 0.2) is 0 Å². The van der Waals surface area contributed by atoms with Crippen molar-refractivity contribution in [2.24, 2.45) is 0 Å². The van der Waals surface area contributed by atoms with Crippen LogP contribution in [0, 0.1) is 0 Å². The van der Waals surface area contributed by atoms with E-state index >= 15 is 0 Å². The molecule has 4 nitrogen and oxygen atoms in total. The molecule has 0 fully saturated rings. The summed E-state index contributed by atoms with van der Waals surface area (Å²) in [6.07, 6.45) is 3.66. The molecule has 0 radical (unpaired) electrons. The Kier molecular flexibility index (Phi) is 4.06. The summed E-state index contributed by atoms with van der Waals surface area (Å²) in [5, 5.41) is 3.51. The fraction of sp³-hybridized carbons (Fsp3) is 0.250. The third kappa shape index (κ3) is 3.16. The van der Waals surface area contributed by atoms with E-state index in [1.165, 1.54) is 5.56 Å². The quantitative estimate of drug-likeness (QED) is 0.886. The number of pyridine rings is 1. The minimum Gasteiger partial charge on any atom is -0.376 e. The van der Waals surface area contributed by atoms with Crippen LogP contribution in [0.2, 0.25) is 5.15 Å². The minimum atomic E-state index is 0.0649. The van der Waals surface area contributed by atoms with Gasteiger partial charge < -0.3 is 10.2 Å². The van der Waals surface area contributed by atoms with E-state index < -0.39 is 0 Å². The average Bonchev–Trinajstić information content (AvgIpc) is 2.52. The second-order valence-electron chi connectivity index (χ2n) is 5.00. The van der Waals surface area contributed by atoms with Crippen molar-refractivity contribution in [1.29, 1.82) is 0 Å². The highest BCUT2D eigenvalue weighted by Gasteiger charge is 2.21. The van der Waals surface area contributed by atoms with Crippen LogP contribution < -0.4 is 10.2 Å². The molecule has 1 aliphatic heterocycles. The number of nitrogens with zero attached hydrogens (tertiary/aromatic N) is 2. The second-order valence-corrected chi connectivity index (χ2v) is 5.39. The summed E-state index contributed by atoms with van der Waals surface area (Å²) >= 11 is 5.83. The zero-order valence-corrected chi connectivity index (χ0v) is 12.3. The lowest BCUT2D eigenvalue weighted by Crippen LogP contribution is -2.39. The first kappa shape index (κ1) is 13.9. The van der Waals surface area contributed by atoms with Crippen molar-refractivity contribution in [3.63, 3.8) is 0 Å². The van der Waals surface area contributed by atoms with Crippen molar-refractivity contribution < 1.29 is 4.79 Å². The average molecular weight is 302 g/mol. The molecule has 1 aromatic carbocycles. The Labute approximate surface area is 128 Å². The molecule has 0 unspecified atom stereocenters. The second kappa shape index (κ2) is 6.14. The molecule has 2 aromatic rings. The third-order valence-electron chi connectivity index (χ3n) is 3.58. The molecule has 0 spiro atoms. The van der Waals surface area contributed by atoms with Crippen molar-refractivity contribution in [3.05, 3.63) is 53.3 Å². The Morgan fingerprint density at radius 2 is 2.19 bits per heavy atom. The Morgan fingerprint density at radius 3 is 3.05 bits per heavy atom. The van der Waals surface area contributed by atoms with Crippen LogP contribution in [0.5, 0.6) is 0 Å². The van der Waals surface area contributed by atoms with Crippen LogP contribution >= 0.6 is 11.6 Å². The van der Waals surface area contributed by atoms with Gasteiger partial charge in [-0.3, -0.25) is 4.79 Å². The SMILES string of the molecule is O=C(CNc1ccnc(Cl)c1)N1CCCc2ccccc21. The first-order valence-corrected chi connectivity index (χ1v) is 7.35. The lowest BCUT2D eigenvalue weighted by Gasteiger charge is -2.29. The predicted octanol–water partition coefficient (Wildman–Crippen LogP) is 3.13. The van der Waals surface area contributed by atoms with Gasteiger partial charge in [0.05, 0.1) is 6.54 Å². The predicted molar refractivity (Wildman–Crippen MR) is 84.9 cm³/mol. The van der Waals surface area contributed by atoms with Gasteiger partial charge >= 0.3 is 0 Å².